The van der Waals surface area contributed by atoms with Crippen molar-refractivity contribution in [3.63, 3.8) is 0 Å². The molecule has 1 unspecified atom stereocenters. The molecule has 1 aromatic carbocycles. The molecular formula is C19H24N4O3. The van der Waals surface area contributed by atoms with E-state index in [4.69, 9.17) is 9.26 Å². The third-order valence-electron chi connectivity index (χ3n) is 5.18. The zero-order valence-corrected chi connectivity index (χ0v) is 15.0. The third-order valence-corrected chi connectivity index (χ3v) is 5.18. The van der Waals surface area contributed by atoms with Gasteiger partial charge < -0.3 is 14.6 Å². The van der Waals surface area contributed by atoms with Crippen LogP contribution in [0.4, 0.5) is 10.5 Å². The number of urea groups is 1. The van der Waals surface area contributed by atoms with Gasteiger partial charge in [0, 0.05) is 31.7 Å². The van der Waals surface area contributed by atoms with Crippen LogP contribution in [0.2, 0.25) is 0 Å². The summed E-state index contributed by atoms with van der Waals surface area (Å²) in [4.78, 5) is 19.3. The van der Waals surface area contributed by atoms with E-state index < -0.39 is 0 Å². The molecule has 2 aromatic rings. The highest BCUT2D eigenvalue weighted by atomic mass is 16.5. The van der Waals surface area contributed by atoms with Gasteiger partial charge >= 0.3 is 6.03 Å². The number of methoxy groups -OCH3 is 1. The predicted octanol–water partition coefficient (Wildman–Crippen LogP) is 3.01. The quantitative estimate of drug-likeness (QED) is 0.891. The number of hydrogen-bond donors (Lipinski definition) is 1. The van der Waals surface area contributed by atoms with Gasteiger partial charge in [0.25, 0.3) is 0 Å². The largest absolute Gasteiger partial charge is 0.384 e. The molecule has 1 aromatic heterocycles. The number of ether oxygens (including phenoxy) is 1. The highest BCUT2D eigenvalue weighted by molar-refractivity contribution is 5.95. The Morgan fingerprint density at radius 1 is 1.35 bits per heavy atom. The van der Waals surface area contributed by atoms with E-state index in [2.05, 4.69) is 15.5 Å². The van der Waals surface area contributed by atoms with E-state index in [1.165, 1.54) is 12.8 Å². The standard InChI is InChI=1S/C19H24N4O3/c1-25-11-10-17-21-18(26-22-17)16-12-13-6-2-5-9-15(13)23(16)19(24)20-14-7-3-4-8-14/h2,5-6,9,14,16H,3-4,7-8,10-12H2,1H3,(H,20,24). The first-order chi connectivity index (χ1) is 12.8. The van der Waals surface area contributed by atoms with E-state index >= 15 is 0 Å². The van der Waals surface area contributed by atoms with Gasteiger partial charge in [-0.15, -0.1) is 0 Å². The van der Waals surface area contributed by atoms with E-state index in [1.807, 2.05) is 24.3 Å². The van der Waals surface area contributed by atoms with Gasteiger partial charge in [-0.05, 0) is 24.5 Å². The van der Waals surface area contributed by atoms with Crippen molar-refractivity contribution in [2.24, 2.45) is 0 Å². The molecule has 7 nitrogen and oxygen atoms in total. The second-order valence-electron chi connectivity index (χ2n) is 6.94. The number of anilines is 1. The number of hydrogen-bond acceptors (Lipinski definition) is 5. The number of nitrogens with one attached hydrogen (secondary N) is 1. The van der Waals surface area contributed by atoms with Gasteiger partial charge in [0.2, 0.25) is 5.89 Å². The van der Waals surface area contributed by atoms with Crippen molar-refractivity contribution in [2.45, 2.75) is 50.6 Å². The molecule has 138 valence electrons. The molecule has 0 radical (unpaired) electrons. The molecule has 2 heterocycles. The van der Waals surface area contributed by atoms with Crippen LogP contribution < -0.4 is 10.2 Å². The van der Waals surface area contributed by atoms with Crippen LogP contribution in [-0.2, 0) is 17.6 Å². The minimum atomic E-state index is -0.266. The molecule has 1 saturated carbocycles. The number of amides is 2. The lowest BCUT2D eigenvalue weighted by atomic mass is 10.1. The molecule has 1 aliphatic heterocycles. The first-order valence-corrected chi connectivity index (χ1v) is 9.25. The van der Waals surface area contributed by atoms with Gasteiger partial charge in [0.1, 0.15) is 6.04 Å². The van der Waals surface area contributed by atoms with Crippen molar-refractivity contribution >= 4 is 11.7 Å². The van der Waals surface area contributed by atoms with Crippen molar-refractivity contribution in [1.82, 2.24) is 15.5 Å². The lowest BCUT2D eigenvalue weighted by Crippen LogP contribution is -2.44. The van der Waals surface area contributed by atoms with Crippen molar-refractivity contribution in [1.29, 1.82) is 0 Å². The summed E-state index contributed by atoms with van der Waals surface area (Å²) in [6.07, 6.45) is 5.73. The Hall–Kier alpha value is -2.41. The van der Waals surface area contributed by atoms with Crippen LogP contribution >= 0.6 is 0 Å². The summed E-state index contributed by atoms with van der Waals surface area (Å²) in [5, 5.41) is 7.21. The molecule has 1 aliphatic carbocycles. The Bertz CT molecular complexity index is 770. The Kier molecular flexibility index (Phi) is 4.88. The first-order valence-electron chi connectivity index (χ1n) is 9.25. The summed E-state index contributed by atoms with van der Waals surface area (Å²) in [5.41, 5.74) is 2.04. The molecule has 1 N–H and O–H groups in total. The smallest absolute Gasteiger partial charge is 0.322 e. The van der Waals surface area contributed by atoms with Crippen molar-refractivity contribution in [3.8, 4) is 0 Å². The number of carbonyl (C=O) groups excluding carboxylic acids is 1. The van der Waals surface area contributed by atoms with Crippen LogP contribution in [-0.4, -0.2) is 35.9 Å². The second kappa shape index (κ2) is 7.45. The fourth-order valence-electron chi connectivity index (χ4n) is 3.85. The van der Waals surface area contributed by atoms with Crippen LogP contribution in [0, 0.1) is 0 Å². The van der Waals surface area contributed by atoms with Gasteiger partial charge in [-0.1, -0.05) is 36.2 Å². The summed E-state index contributed by atoms with van der Waals surface area (Å²) in [6.45, 7) is 0.537. The Balaban J connectivity index is 1.58. The van der Waals surface area contributed by atoms with Crippen molar-refractivity contribution in [3.05, 3.63) is 41.5 Å². The molecule has 1 fully saturated rings. The first kappa shape index (κ1) is 17.0. The average Bonchev–Trinajstić information content (AvgIpc) is 3.38. The predicted molar refractivity (Wildman–Crippen MR) is 96.0 cm³/mol. The monoisotopic (exact) mass is 356 g/mol. The summed E-state index contributed by atoms with van der Waals surface area (Å²) in [6, 6.07) is 7.89. The molecule has 0 spiro atoms. The topological polar surface area (TPSA) is 80.5 Å². The van der Waals surface area contributed by atoms with Crippen LogP contribution in [0.5, 0.6) is 0 Å². The Morgan fingerprint density at radius 3 is 2.96 bits per heavy atom. The lowest BCUT2D eigenvalue weighted by Gasteiger charge is -2.25. The summed E-state index contributed by atoms with van der Waals surface area (Å²) in [7, 11) is 1.64. The van der Waals surface area contributed by atoms with E-state index in [0.717, 1.165) is 24.1 Å². The number of rotatable bonds is 5. The number of nitrogens with zero attached hydrogens (tertiary/aromatic N) is 3. The number of aromatic nitrogens is 2. The molecule has 0 saturated heterocycles. The fraction of sp³-hybridized carbons (Fsp3) is 0.526. The third kappa shape index (κ3) is 3.31. The van der Waals surface area contributed by atoms with Gasteiger partial charge in [0.05, 0.1) is 6.61 Å². The SMILES string of the molecule is COCCc1noc(C2Cc3ccccc3N2C(=O)NC2CCCC2)n1. The molecular weight excluding hydrogens is 332 g/mol. The second-order valence-corrected chi connectivity index (χ2v) is 6.94. The number of benzene rings is 1. The molecule has 0 bridgehead atoms. The fourth-order valence-corrected chi connectivity index (χ4v) is 3.85. The number of carbonyl (C=O) groups is 1. The maximum absolute atomic E-state index is 13.0. The molecule has 1 atom stereocenters. The summed E-state index contributed by atoms with van der Waals surface area (Å²) >= 11 is 0. The van der Waals surface area contributed by atoms with E-state index in [9.17, 15) is 4.79 Å². The van der Waals surface area contributed by atoms with Crippen molar-refractivity contribution < 1.29 is 14.1 Å². The zero-order chi connectivity index (χ0) is 17.9. The molecule has 2 aliphatic rings. The van der Waals surface area contributed by atoms with Gasteiger partial charge in [-0.3, -0.25) is 4.90 Å². The number of para-hydroxylation sites is 1. The highest BCUT2D eigenvalue weighted by Crippen LogP contribution is 2.40. The molecule has 7 heteroatoms. The van der Waals surface area contributed by atoms with Crippen LogP contribution in [0.25, 0.3) is 0 Å². The minimum absolute atomic E-state index is 0.0801. The Labute approximate surface area is 152 Å². The normalized spacial score (nSPS) is 19.7. The molecule has 4 rings (SSSR count). The van der Waals surface area contributed by atoms with Gasteiger partial charge in [-0.25, -0.2) is 4.79 Å². The average molecular weight is 356 g/mol. The molecule has 26 heavy (non-hydrogen) atoms. The summed E-state index contributed by atoms with van der Waals surface area (Å²) in [5.74, 6) is 1.09. The zero-order valence-electron chi connectivity index (χ0n) is 15.0. The minimum Gasteiger partial charge on any atom is -0.384 e. The van der Waals surface area contributed by atoms with Crippen LogP contribution in [0.3, 0.4) is 0 Å². The van der Waals surface area contributed by atoms with E-state index in [0.29, 0.717) is 31.2 Å². The maximum atomic E-state index is 13.0. The van der Waals surface area contributed by atoms with Crippen LogP contribution in [0.15, 0.2) is 28.8 Å². The highest BCUT2D eigenvalue weighted by Gasteiger charge is 2.39. The molecule has 2 amide bonds. The van der Waals surface area contributed by atoms with E-state index in [1.54, 1.807) is 12.0 Å². The lowest BCUT2D eigenvalue weighted by molar-refractivity contribution is 0.199. The number of fused-ring (bicyclic) bond motifs is 1. The summed E-state index contributed by atoms with van der Waals surface area (Å²) < 4.78 is 10.6. The maximum Gasteiger partial charge on any atom is 0.322 e. The van der Waals surface area contributed by atoms with Crippen molar-refractivity contribution in [2.75, 3.05) is 18.6 Å². The van der Waals surface area contributed by atoms with E-state index in [-0.39, 0.29) is 18.1 Å². The van der Waals surface area contributed by atoms with Crippen LogP contribution in [0.1, 0.15) is 49.0 Å². The van der Waals surface area contributed by atoms with Gasteiger partial charge in [-0.2, -0.15) is 4.98 Å². The Morgan fingerprint density at radius 2 is 2.15 bits per heavy atom. The van der Waals surface area contributed by atoms with Gasteiger partial charge in [0.15, 0.2) is 5.82 Å².